The Hall–Kier alpha value is -1.65. The van der Waals surface area contributed by atoms with Gasteiger partial charge in [0.25, 0.3) is 5.91 Å². The quantitative estimate of drug-likeness (QED) is 0.757. The molecule has 19 heavy (non-hydrogen) atoms. The highest BCUT2D eigenvalue weighted by Gasteiger charge is 2.11. The van der Waals surface area contributed by atoms with E-state index in [2.05, 4.69) is 34.7 Å². The van der Waals surface area contributed by atoms with Crippen molar-refractivity contribution in [3.63, 3.8) is 0 Å². The second-order valence-electron chi connectivity index (χ2n) is 4.68. The van der Waals surface area contributed by atoms with Gasteiger partial charge >= 0.3 is 0 Å². The summed E-state index contributed by atoms with van der Waals surface area (Å²) in [7, 11) is 1.77. The van der Waals surface area contributed by atoms with Crippen LogP contribution < -0.4 is 10.6 Å². The molecule has 2 N–H and O–H groups in total. The molecule has 1 aromatic heterocycles. The van der Waals surface area contributed by atoms with Crippen LogP contribution in [0.4, 0.5) is 5.82 Å². The van der Waals surface area contributed by atoms with Crippen molar-refractivity contribution in [1.29, 1.82) is 0 Å². The average Bonchev–Trinajstić information content (AvgIpc) is 2.47. The Bertz CT molecular complexity index is 378. The van der Waals surface area contributed by atoms with E-state index in [1.807, 2.05) is 0 Å². The second-order valence-corrected chi connectivity index (χ2v) is 4.68. The molecule has 1 atom stereocenters. The molecule has 0 saturated carbocycles. The highest BCUT2D eigenvalue weighted by atomic mass is 16.1. The smallest absolute Gasteiger partial charge is 0.271 e. The Kier molecular flexibility index (Phi) is 6.85. The number of hydrogen-bond acceptors (Lipinski definition) is 4. The van der Waals surface area contributed by atoms with E-state index < -0.39 is 0 Å². The van der Waals surface area contributed by atoms with Crippen LogP contribution in [0, 0.1) is 5.92 Å². The van der Waals surface area contributed by atoms with Gasteiger partial charge in [-0.25, -0.2) is 0 Å². The number of carbonyl (C=O) groups excluding carboxylic acids is 1. The van der Waals surface area contributed by atoms with E-state index in [1.165, 1.54) is 12.8 Å². The number of aromatic nitrogens is 2. The van der Waals surface area contributed by atoms with Crippen LogP contribution in [-0.4, -0.2) is 29.7 Å². The number of anilines is 1. The van der Waals surface area contributed by atoms with Gasteiger partial charge in [0.1, 0.15) is 5.82 Å². The molecule has 1 rings (SSSR count). The van der Waals surface area contributed by atoms with Crippen LogP contribution in [0.5, 0.6) is 0 Å². The fourth-order valence-electron chi connectivity index (χ4n) is 1.86. The minimum atomic E-state index is -0.148. The standard InChI is InChI=1S/C14H24N4O/c1-4-6-7-11(5-2)10-16-14(19)12-8-9-13(15-3)18-17-12/h8-9,11H,4-7,10H2,1-3H3,(H,15,18)(H,16,19). The molecule has 0 aromatic carbocycles. The van der Waals surface area contributed by atoms with E-state index in [-0.39, 0.29) is 5.91 Å². The Balaban J connectivity index is 2.44. The Morgan fingerprint density at radius 3 is 2.63 bits per heavy atom. The number of nitrogens with one attached hydrogen (secondary N) is 2. The fraction of sp³-hybridized carbons (Fsp3) is 0.643. The Morgan fingerprint density at radius 2 is 2.11 bits per heavy atom. The van der Waals surface area contributed by atoms with Crippen molar-refractivity contribution >= 4 is 11.7 Å². The van der Waals surface area contributed by atoms with E-state index in [9.17, 15) is 4.79 Å². The van der Waals surface area contributed by atoms with E-state index in [1.54, 1.807) is 19.2 Å². The minimum Gasteiger partial charge on any atom is -0.372 e. The SMILES string of the molecule is CCCCC(CC)CNC(=O)c1ccc(NC)nn1. The fourth-order valence-corrected chi connectivity index (χ4v) is 1.86. The lowest BCUT2D eigenvalue weighted by Crippen LogP contribution is -2.30. The Morgan fingerprint density at radius 1 is 1.32 bits per heavy atom. The van der Waals surface area contributed by atoms with Crippen molar-refractivity contribution in [2.75, 3.05) is 18.9 Å². The van der Waals surface area contributed by atoms with Crippen LogP contribution in [0.15, 0.2) is 12.1 Å². The van der Waals surface area contributed by atoms with E-state index in [0.29, 0.717) is 24.0 Å². The predicted molar refractivity (Wildman–Crippen MR) is 77.2 cm³/mol. The van der Waals surface area contributed by atoms with Gasteiger partial charge in [0.15, 0.2) is 5.69 Å². The molecule has 1 heterocycles. The molecule has 1 aromatic rings. The molecule has 0 aliphatic carbocycles. The molecule has 0 saturated heterocycles. The zero-order valence-corrected chi connectivity index (χ0v) is 12.1. The van der Waals surface area contributed by atoms with Crippen molar-refractivity contribution in [2.24, 2.45) is 5.92 Å². The maximum absolute atomic E-state index is 11.9. The zero-order valence-electron chi connectivity index (χ0n) is 12.1. The molecule has 0 bridgehead atoms. The molecular weight excluding hydrogens is 240 g/mol. The summed E-state index contributed by atoms with van der Waals surface area (Å²) in [5, 5.41) is 13.6. The van der Waals surface area contributed by atoms with E-state index in [4.69, 9.17) is 0 Å². The number of carbonyl (C=O) groups is 1. The van der Waals surface area contributed by atoms with E-state index >= 15 is 0 Å². The van der Waals surface area contributed by atoms with Gasteiger partial charge < -0.3 is 10.6 Å². The van der Waals surface area contributed by atoms with Gasteiger partial charge in [-0.2, -0.15) is 0 Å². The minimum absolute atomic E-state index is 0.148. The maximum Gasteiger partial charge on any atom is 0.271 e. The van der Waals surface area contributed by atoms with Crippen LogP contribution in [-0.2, 0) is 0 Å². The monoisotopic (exact) mass is 264 g/mol. The molecule has 106 valence electrons. The molecule has 0 spiro atoms. The van der Waals surface area contributed by atoms with Crippen molar-refractivity contribution in [1.82, 2.24) is 15.5 Å². The summed E-state index contributed by atoms with van der Waals surface area (Å²) in [6.45, 7) is 5.06. The number of hydrogen-bond donors (Lipinski definition) is 2. The lowest BCUT2D eigenvalue weighted by molar-refractivity contribution is 0.0940. The van der Waals surface area contributed by atoms with Crippen molar-refractivity contribution in [2.45, 2.75) is 39.5 Å². The first-order valence-corrected chi connectivity index (χ1v) is 7.00. The van der Waals surface area contributed by atoms with Crippen molar-refractivity contribution in [3.8, 4) is 0 Å². The first-order valence-electron chi connectivity index (χ1n) is 7.00. The summed E-state index contributed by atoms with van der Waals surface area (Å²) in [6.07, 6.45) is 4.66. The summed E-state index contributed by atoms with van der Waals surface area (Å²) in [4.78, 5) is 11.9. The summed E-state index contributed by atoms with van der Waals surface area (Å²) in [5.74, 6) is 1.06. The van der Waals surface area contributed by atoms with Crippen molar-refractivity contribution < 1.29 is 4.79 Å². The number of amides is 1. The first kappa shape index (κ1) is 15.4. The molecule has 0 fully saturated rings. The van der Waals surface area contributed by atoms with Crippen LogP contribution in [0.3, 0.4) is 0 Å². The summed E-state index contributed by atoms with van der Waals surface area (Å²) in [5.41, 5.74) is 0.365. The van der Waals surface area contributed by atoms with E-state index in [0.717, 1.165) is 12.8 Å². The van der Waals surface area contributed by atoms with Gasteiger partial charge in [0.2, 0.25) is 0 Å². The summed E-state index contributed by atoms with van der Waals surface area (Å²) in [6, 6.07) is 3.43. The highest BCUT2D eigenvalue weighted by molar-refractivity contribution is 5.92. The molecule has 0 aliphatic heterocycles. The molecular formula is C14H24N4O. The van der Waals surface area contributed by atoms with Crippen LogP contribution in [0.1, 0.15) is 50.0 Å². The van der Waals surface area contributed by atoms with Gasteiger partial charge in [-0.3, -0.25) is 4.79 Å². The predicted octanol–water partition coefficient (Wildman–Crippen LogP) is 2.46. The van der Waals surface area contributed by atoms with Gasteiger partial charge in [0, 0.05) is 13.6 Å². The molecule has 5 heteroatoms. The number of rotatable bonds is 8. The summed E-state index contributed by atoms with van der Waals surface area (Å²) < 4.78 is 0. The first-order chi connectivity index (χ1) is 9.21. The Labute approximate surface area is 115 Å². The zero-order chi connectivity index (χ0) is 14.1. The topological polar surface area (TPSA) is 66.9 Å². The summed E-state index contributed by atoms with van der Waals surface area (Å²) >= 11 is 0. The van der Waals surface area contributed by atoms with Gasteiger partial charge in [-0.05, 0) is 24.5 Å². The third-order valence-corrected chi connectivity index (χ3v) is 3.25. The lowest BCUT2D eigenvalue weighted by Gasteiger charge is -2.14. The number of unbranched alkanes of at least 4 members (excludes halogenated alkanes) is 1. The third kappa shape index (κ3) is 5.24. The van der Waals surface area contributed by atoms with Gasteiger partial charge in [-0.1, -0.05) is 33.1 Å². The van der Waals surface area contributed by atoms with Gasteiger partial charge in [0.05, 0.1) is 0 Å². The van der Waals surface area contributed by atoms with Crippen LogP contribution >= 0.6 is 0 Å². The molecule has 5 nitrogen and oxygen atoms in total. The number of nitrogens with zero attached hydrogens (tertiary/aromatic N) is 2. The van der Waals surface area contributed by atoms with Crippen LogP contribution in [0.25, 0.3) is 0 Å². The van der Waals surface area contributed by atoms with Gasteiger partial charge in [-0.15, -0.1) is 10.2 Å². The van der Waals surface area contributed by atoms with Crippen LogP contribution in [0.2, 0.25) is 0 Å². The largest absolute Gasteiger partial charge is 0.372 e. The second kappa shape index (κ2) is 8.45. The highest BCUT2D eigenvalue weighted by Crippen LogP contribution is 2.11. The lowest BCUT2D eigenvalue weighted by atomic mass is 9.99. The normalized spacial score (nSPS) is 11.9. The third-order valence-electron chi connectivity index (χ3n) is 3.25. The molecule has 0 radical (unpaired) electrons. The average molecular weight is 264 g/mol. The molecule has 1 amide bonds. The molecule has 0 aliphatic rings. The molecule has 1 unspecified atom stereocenters. The maximum atomic E-state index is 11.9. The van der Waals surface area contributed by atoms with Crippen molar-refractivity contribution in [3.05, 3.63) is 17.8 Å².